The molecule has 0 radical (unpaired) electrons. The number of anilines is 1. The number of hydrogen-bond acceptors (Lipinski definition) is 2. The highest BCUT2D eigenvalue weighted by atomic mass is 35.5. The minimum absolute atomic E-state index is 0.286. The average molecular weight is 306 g/mol. The van der Waals surface area contributed by atoms with Crippen molar-refractivity contribution in [2.75, 3.05) is 5.32 Å². The minimum atomic E-state index is -0.286. The van der Waals surface area contributed by atoms with Gasteiger partial charge < -0.3 is 9.72 Å². The van der Waals surface area contributed by atoms with Crippen LogP contribution in [0.3, 0.4) is 0 Å². The lowest BCUT2D eigenvalue weighted by atomic mass is 10.2. The number of aromatic nitrogens is 2. The molecule has 1 N–H and O–H groups in total. The normalized spacial score (nSPS) is 10.7. The Morgan fingerprint density at radius 2 is 2.05 bits per heavy atom. The first kappa shape index (κ1) is 13.0. The molecule has 0 saturated heterocycles. The van der Waals surface area contributed by atoms with E-state index in [0.717, 1.165) is 0 Å². The standard InChI is InChI=1S/C14H9Cl2N3O/c15-9-3-4-11(16)12(8-9)18-14(20)10-2-1-6-19-7-5-17-13(10)19/h1-8H,(H,18,20). The van der Waals surface area contributed by atoms with Gasteiger partial charge in [-0.2, -0.15) is 0 Å². The van der Waals surface area contributed by atoms with E-state index in [1.165, 1.54) is 0 Å². The molecule has 2 heterocycles. The number of hydrogen-bond donors (Lipinski definition) is 1. The summed E-state index contributed by atoms with van der Waals surface area (Å²) in [4.78, 5) is 16.5. The molecule has 0 atom stereocenters. The van der Waals surface area contributed by atoms with Gasteiger partial charge in [-0.05, 0) is 30.3 Å². The number of imidazole rings is 1. The summed E-state index contributed by atoms with van der Waals surface area (Å²) >= 11 is 11.9. The second kappa shape index (κ2) is 5.15. The molecular weight excluding hydrogens is 297 g/mol. The Labute approximate surface area is 125 Å². The molecule has 0 aliphatic rings. The zero-order chi connectivity index (χ0) is 14.1. The van der Waals surface area contributed by atoms with Gasteiger partial charge in [-0.25, -0.2) is 4.98 Å². The number of rotatable bonds is 2. The van der Waals surface area contributed by atoms with Crippen molar-refractivity contribution >= 4 is 40.4 Å². The van der Waals surface area contributed by atoms with Gasteiger partial charge in [-0.1, -0.05) is 23.2 Å². The molecule has 2 aromatic heterocycles. The van der Waals surface area contributed by atoms with E-state index in [9.17, 15) is 4.79 Å². The molecule has 0 unspecified atom stereocenters. The molecule has 20 heavy (non-hydrogen) atoms. The summed E-state index contributed by atoms with van der Waals surface area (Å²) in [6.07, 6.45) is 5.24. The summed E-state index contributed by atoms with van der Waals surface area (Å²) in [6, 6.07) is 8.39. The summed E-state index contributed by atoms with van der Waals surface area (Å²) in [7, 11) is 0. The van der Waals surface area contributed by atoms with Gasteiger partial charge >= 0.3 is 0 Å². The van der Waals surface area contributed by atoms with Crippen molar-refractivity contribution in [2.24, 2.45) is 0 Å². The number of pyridine rings is 1. The molecule has 3 rings (SSSR count). The highest BCUT2D eigenvalue weighted by Crippen LogP contribution is 2.26. The van der Waals surface area contributed by atoms with Gasteiger partial charge in [0.05, 0.1) is 16.3 Å². The molecule has 1 amide bonds. The number of benzene rings is 1. The fraction of sp³-hybridized carbons (Fsp3) is 0. The summed E-state index contributed by atoms with van der Waals surface area (Å²) in [5.74, 6) is -0.286. The van der Waals surface area contributed by atoms with Gasteiger partial charge in [0.25, 0.3) is 5.91 Å². The zero-order valence-electron chi connectivity index (χ0n) is 10.2. The number of halogens is 2. The Morgan fingerprint density at radius 1 is 1.20 bits per heavy atom. The molecule has 3 aromatic rings. The van der Waals surface area contributed by atoms with Crippen molar-refractivity contribution in [2.45, 2.75) is 0 Å². The van der Waals surface area contributed by atoms with Gasteiger partial charge in [0.15, 0.2) is 0 Å². The molecule has 6 heteroatoms. The summed E-state index contributed by atoms with van der Waals surface area (Å²) in [5, 5.41) is 3.67. The summed E-state index contributed by atoms with van der Waals surface area (Å²) < 4.78 is 1.77. The fourth-order valence-corrected chi connectivity index (χ4v) is 2.25. The number of nitrogens with zero attached hydrogens (tertiary/aromatic N) is 2. The summed E-state index contributed by atoms with van der Waals surface area (Å²) in [5.41, 5.74) is 1.52. The van der Waals surface area contributed by atoms with Gasteiger partial charge in [0.1, 0.15) is 5.65 Å². The van der Waals surface area contributed by atoms with Crippen LogP contribution in [0.1, 0.15) is 10.4 Å². The number of carbonyl (C=O) groups excluding carboxylic acids is 1. The van der Waals surface area contributed by atoms with E-state index in [1.807, 2.05) is 6.20 Å². The predicted molar refractivity (Wildman–Crippen MR) is 79.6 cm³/mol. The van der Waals surface area contributed by atoms with Crippen LogP contribution in [0, 0.1) is 0 Å². The Bertz CT molecular complexity index is 798. The lowest BCUT2D eigenvalue weighted by Crippen LogP contribution is -2.13. The van der Waals surface area contributed by atoms with Crippen molar-refractivity contribution in [1.82, 2.24) is 9.38 Å². The average Bonchev–Trinajstić information content (AvgIpc) is 2.91. The molecule has 0 bridgehead atoms. The molecule has 1 aromatic carbocycles. The van der Waals surface area contributed by atoms with Crippen molar-refractivity contribution in [3.8, 4) is 0 Å². The smallest absolute Gasteiger partial charge is 0.259 e. The van der Waals surface area contributed by atoms with Crippen molar-refractivity contribution < 1.29 is 4.79 Å². The molecule has 4 nitrogen and oxygen atoms in total. The predicted octanol–water partition coefficient (Wildman–Crippen LogP) is 3.89. The second-order valence-corrected chi connectivity index (χ2v) is 5.00. The highest BCUT2D eigenvalue weighted by molar-refractivity contribution is 6.36. The molecule has 0 fully saturated rings. The monoisotopic (exact) mass is 305 g/mol. The number of nitrogens with one attached hydrogen (secondary N) is 1. The highest BCUT2D eigenvalue weighted by Gasteiger charge is 2.13. The van der Waals surface area contributed by atoms with Crippen molar-refractivity contribution in [3.63, 3.8) is 0 Å². The van der Waals surface area contributed by atoms with E-state index in [1.54, 1.807) is 47.1 Å². The minimum Gasteiger partial charge on any atom is -0.320 e. The molecule has 0 saturated carbocycles. The Kier molecular flexibility index (Phi) is 3.34. The molecule has 100 valence electrons. The first-order chi connectivity index (χ1) is 9.65. The number of amides is 1. The molecule has 0 aliphatic heterocycles. The number of carbonyl (C=O) groups is 1. The largest absolute Gasteiger partial charge is 0.320 e. The van der Waals surface area contributed by atoms with E-state index < -0.39 is 0 Å². The first-order valence-electron chi connectivity index (χ1n) is 5.83. The fourth-order valence-electron chi connectivity index (χ4n) is 1.91. The Morgan fingerprint density at radius 3 is 2.90 bits per heavy atom. The van der Waals surface area contributed by atoms with Gasteiger partial charge in [-0.3, -0.25) is 4.79 Å². The van der Waals surface area contributed by atoms with E-state index in [2.05, 4.69) is 10.3 Å². The van der Waals surface area contributed by atoms with Crippen molar-refractivity contribution in [3.05, 3.63) is 64.5 Å². The lowest BCUT2D eigenvalue weighted by molar-refractivity contribution is 0.102. The van der Waals surface area contributed by atoms with Crippen LogP contribution >= 0.6 is 23.2 Å². The van der Waals surface area contributed by atoms with E-state index in [-0.39, 0.29) is 5.91 Å². The third-order valence-corrected chi connectivity index (χ3v) is 3.41. The first-order valence-corrected chi connectivity index (χ1v) is 6.59. The van der Waals surface area contributed by atoms with Crippen LogP contribution in [-0.4, -0.2) is 15.3 Å². The van der Waals surface area contributed by atoms with Crippen molar-refractivity contribution in [1.29, 1.82) is 0 Å². The van der Waals surface area contributed by atoms with Gasteiger partial charge in [0.2, 0.25) is 0 Å². The maximum atomic E-state index is 12.3. The Hall–Kier alpha value is -2.04. The van der Waals surface area contributed by atoms with Crippen LogP contribution in [0.2, 0.25) is 10.0 Å². The topological polar surface area (TPSA) is 46.4 Å². The van der Waals surface area contributed by atoms with Gasteiger partial charge in [-0.15, -0.1) is 0 Å². The summed E-state index contributed by atoms with van der Waals surface area (Å²) in [6.45, 7) is 0. The molecule has 0 spiro atoms. The lowest BCUT2D eigenvalue weighted by Gasteiger charge is -2.08. The number of fused-ring (bicyclic) bond motifs is 1. The quantitative estimate of drug-likeness (QED) is 0.780. The third kappa shape index (κ3) is 2.35. The maximum absolute atomic E-state index is 12.3. The van der Waals surface area contributed by atoms with Crippen LogP contribution < -0.4 is 5.32 Å². The molecular formula is C14H9Cl2N3O. The SMILES string of the molecule is O=C(Nc1cc(Cl)ccc1Cl)c1cccn2ccnc12. The van der Waals surface area contributed by atoms with Gasteiger partial charge in [0, 0.05) is 23.6 Å². The van der Waals surface area contributed by atoms with Crippen LogP contribution in [-0.2, 0) is 0 Å². The maximum Gasteiger partial charge on any atom is 0.259 e. The Balaban J connectivity index is 1.97. The second-order valence-electron chi connectivity index (χ2n) is 4.16. The van der Waals surface area contributed by atoms with E-state index in [4.69, 9.17) is 23.2 Å². The molecule has 0 aliphatic carbocycles. The van der Waals surface area contributed by atoms with Crippen LogP contribution in [0.4, 0.5) is 5.69 Å². The third-order valence-electron chi connectivity index (χ3n) is 2.84. The van der Waals surface area contributed by atoms with Crippen LogP contribution in [0.5, 0.6) is 0 Å². The van der Waals surface area contributed by atoms with Crippen LogP contribution in [0.25, 0.3) is 5.65 Å². The van der Waals surface area contributed by atoms with E-state index in [0.29, 0.717) is 26.9 Å². The van der Waals surface area contributed by atoms with E-state index >= 15 is 0 Å². The zero-order valence-corrected chi connectivity index (χ0v) is 11.7. The van der Waals surface area contributed by atoms with Crippen LogP contribution in [0.15, 0.2) is 48.9 Å².